The minimum absolute atomic E-state index is 0.0615. The van der Waals surface area contributed by atoms with Crippen molar-refractivity contribution in [1.29, 1.82) is 0 Å². The molecule has 2 heteroatoms. The minimum atomic E-state index is 0.0615. The van der Waals surface area contributed by atoms with Gasteiger partial charge in [0.15, 0.2) is 0 Å². The number of hydrogen-bond acceptors (Lipinski definition) is 2. The van der Waals surface area contributed by atoms with Gasteiger partial charge in [0, 0.05) is 5.41 Å². The van der Waals surface area contributed by atoms with Crippen LogP contribution in [0.3, 0.4) is 0 Å². The van der Waals surface area contributed by atoms with Crippen molar-refractivity contribution in [1.82, 2.24) is 0 Å². The first-order valence-corrected chi connectivity index (χ1v) is 6.59. The summed E-state index contributed by atoms with van der Waals surface area (Å²) in [5, 5.41) is 1.85. The molecule has 2 N–H and O–H groups in total. The van der Waals surface area contributed by atoms with Gasteiger partial charge in [-0.2, -0.15) is 0 Å². The molecule has 0 fully saturated rings. The van der Waals surface area contributed by atoms with Crippen LogP contribution in [-0.4, -0.2) is 0 Å². The zero-order valence-corrected chi connectivity index (χ0v) is 11.3. The summed E-state index contributed by atoms with van der Waals surface area (Å²) in [6.45, 7) is 6.91. The van der Waals surface area contributed by atoms with E-state index in [1.54, 1.807) is 0 Å². The fourth-order valence-corrected chi connectivity index (χ4v) is 3.48. The summed E-state index contributed by atoms with van der Waals surface area (Å²) in [7, 11) is 0. The SMILES string of the molecule is CC1CC=CC2=C1C(C)(C)c1ccccc1N2N. The van der Waals surface area contributed by atoms with E-state index in [1.807, 2.05) is 5.01 Å². The fraction of sp³-hybridized carbons (Fsp3) is 0.375. The monoisotopic (exact) mass is 240 g/mol. The normalized spacial score (nSPS) is 24.9. The molecule has 2 aliphatic rings. The van der Waals surface area contributed by atoms with Crippen LogP contribution in [0.1, 0.15) is 32.8 Å². The van der Waals surface area contributed by atoms with Crippen molar-refractivity contribution in [2.24, 2.45) is 11.8 Å². The molecule has 0 spiro atoms. The first-order chi connectivity index (χ1) is 8.53. The number of hydrazine groups is 1. The van der Waals surface area contributed by atoms with Crippen LogP contribution in [0, 0.1) is 5.92 Å². The van der Waals surface area contributed by atoms with Gasteiger partial charge in [0.25, 0.3) is 0 Å². The van der Waals surface area contributed by atoms with Gasteiger partial charge in [-0.1, -0.05) is 45.0 Å². The number of fused-ring (bicyclic) bond motifs is 1. The molecule has 1 unspecified atom stereocenters. The molecule has 3 rings (SSSR count). The molecule has 0 saturated carbocycles. The van der Waals surface area contributed by atoms with Crippen LogP contribution in [0.2, 0.25) is 0 Å². The molecule has 1 aliphatic heterocycles. The summed E-state index contributed by atoms with van der Waals surface area (Å²) in [5.41, 5.74) is 5.16. The maximum atomic E-state index is 6.31. The van der Waals surface area contributed by atoms with Crippen molar-refractivity contribution in [2.45, 2.75) is 32.6 Å². The van der Waals surface area contributed by atoms with Crippen molar-refractivity contribution < 1.29 is 0 Å². The highest BCUT2D eigenvalue weighted by Crippen LogP contribution is 2.48. The summed E-state index contributed by atoms with van der Waals surface area (Å²) in [5.74, 6) is 6.86. The van der Waals surface area contributed by atoms with Crippen LogP contribution < -0.4 is 10.9 Å². The lowest BCUT2D eigenvalue weighted by atomic mass is 9.67. The van der Waals surface area contributed by atoms with Gasteiger partial charge in [-0.3, -0.25) is 5.01 Å². The zero-order chi connectivity index (χ0) is 12.9. The second kappa shape index (κ2) is 3.72. The Morgan fingerprint density at radius 2 is 2.00 bits per heavy atom. The van der Waals surface area contributed by atoms with Gasteiger partial charge in [-0.25, -0.2) is 5.84 Å². The van der Waals surface area contributed by atoms with E-state index in [2.05, 4.69) is 57.2 Å². The Kier molecular flexibility index (Phi) is 2.39. The van der Waals surface area contributed by atoms with E-state index >= 15 is 0 Å². The molecule has 0 radical (unpaired) electrons. The standard InChI is InChI=1S/C16H20N2/c1-11-7-6-10-14-15(11)16(2,3)12-8-4-5-9-13(12)18(14)17/h4-6,8-11H,7,17H2,1-3H3. The fourth-order valence-electron chi connectivity index (χ4n) is 3.48. The van der Waals surface area contributed by atoms with E-state index < -0.39 is 0 Å². The van der Waals surface area contributed by atoms with Crippen molar-refractivity contribution in [3.8, 4) is 0 Å². The number of rotatable bonds is 0. The van der Waals surface area contributed by atoms with E-state index in [4.69, 9.17) is 5.84 Å². The van der Waals surface area contributed by atoms with Crippen LogP contribution in [0.5, 0.6) is 0 Å². The Morgan fingerprint density at radius 3 is 2.78 bits per heavy atom. The Hall–Kier alpha value is -1.54. The summed E-state index contributed by atoms with van der Waals surface area (Å²) in [6, 6.07) is 8.46. The molecule has 1 atom stereocenters. The molecule has 0 bridgehead atoms. The quantitative estimate of drug-likeness (QED) is 0.703. The Labute approximate surface area is 109 Å². The van der Waals surface area contributed by atoms with Crippen LogP contribution in [0.25, 0.3) is 0 Å². The number of nitrogens with two attached hydrogens (primary N) is 1. The van der Waals surface area contributed by atoms with Gasteiger partial charge in [-0.05, 0) is 35.6 Å². The van der Waals surface area contributed by atoms with E-state index in [1.165, 1.54) is 16.8 Å². The molecular formula is C16H20N2. The second-order valence-electron chi connectivity index (χ2n) is 5.85. The molecular weight excluding hydrogens is 220 g/mol. The predicted molar refractivity (Wildman–Crippen MR) is 76.1 cm³/mol. The number of para-hydroxylation sites is 1. The lowest BCUT2D eigenvalue weighted by molar-refractivity contribution is 0.494. The molecule has 2 nitrogen and oxygen atoms in total. The Morgan fingerprint density at radius 1 is 1.28 bits per heavy atom. The van der Waals surface area contributed by atoms with Crippen LogP contribution in [0.15, 0.2) is 47.7 Å². The smallest absolute Gasteiger partial charge is 0.0615 e. The molecule has 0 aromatic heterocycles. The maximum Gasteiger partial charge on any atom is 0.0615 e. The highest BCUT2D eigenvalue weighted by Gasteiger charge is 2.39. The van der Waals surface area contributed by atoms with Crippen LogP contribution in [0.4, 0.5) is 5.69 Å². The molecule has 1 aromatic carbocycles. The number of benzene rings is 1. The molecule has 0 amide bonds. The van der Waals surface area contributed by atoms with Crippen LogP contribution in [-0.2, 0) is 5.41 Å². The number of anilines is 1. The number of nitrogens with zero attached hydrogens (tertiary/aromatic N) is 1. The maximum absolute atomic E-state index is 6.31. The predicted octanol–water partition coefficient (Wildman–Crippen LogP) is 3.51. The van der Waals surface area contributed by atoms with E-state index in [9.17, 15) is 0 Å². The van der Waals surface area contributed by atoms with Crippen LogP contribution >= 0.6 is 0 Å². The lowest BCUT2D eigenvalue weighted by Crippen LogP contribution is -2.42. The number of hydrogen-bond donors (Lipinski definition) is 1. The summed E-state index contributed by atoms with van der Waals surface area (Å²) in [6.07, 6.45) is 5.51. The first kappa shape index (κ1) is 11.5. The zero-order valence-electron chi connectivity index (χ0n) is 11.3. The summed E-state index contributed by atoms with van der Waals surface area (Å²) < 4.78 is 0. The Balaban J connectivity index is 2.28. The first-order valence-electron chi connectivity index (χ1n) is 6.59. The molecule has 18 heavy (non-hydrogen) atoms. The van der Waals surface area contributed by atoms with Gasteiger partial charge in [0.1, 0.15) is 0 Å². The van der Waals surface area contributed by atoms with E-state index in [0.717, 1.165) is 12.1 Å². The molecule has 0 saturated heterocycles. The van der Waals surface area contributed by atoms with Gasteiger partial charge < -0.3 is 0 Å². The van der Waals surface area contributed by atoms with Gasteiger partial charge in [0.2, 0.25) is 0 Å². The topological polar surface area (TPSA) is 29.3 Å². The molecule has 1 heterocycles. The van der Waals surface area contributed by atoms with Gasteiger partial charge >= 0.3 is 0 Å². The number of allylic oxidation sites excluding steroid dienone is 3. The second-order valence-corrected chi connectivity index (χ2v) is 5.85. The van der Waals surface area contributed by atoms with Crippen molar-refractivity contribution >= 4 is 5.69 Å². The summed E-state index contributed by atoms with van der Waals surface area (Å²) in [4.78, 5) is 0. The molecule has 1 aliphatic carbocycles. The van der Waals surface area contributed by atoms with Crippen molar-refractivity contribution in [3.05, 3.63) is 53.3 Å². The Bertz CT molecular complexity index is 552. The summed E-state index contributed by atoms with van der Waals surface area (Å²) >= 11 is 0. The van der Waals surface area contributed by atoms with Gasteiger partial charge in [-0.15, -0.1) is 0 Å². The third-order valence-electron chi connectivity index (χ3n) is 4.30. The highest BCUT2D eigenvalue weighted by molar-refractivity contribution is 5.68. The lowest BCUT2D eigenvalue weighted by Gasteiger charge is -2.44. The molecule has 94 valence electrons. The largest absolute Gasteiger partial charge is 0.279 e. The minimum Gasteiger partial charge on any atom is -0.279 e. The van der Waals surface area contributed by atoms with Crippen molar-refractivity contribution in [2.75, 3.05) is 5.01 Å². The highest BCUT2D eigenvalue weighted by atomic mass is 15.4. The average Bonchev–Trinajstić information content (AvgIpc) is 2.36. The van der Waals surface area contributed by atoms with E-state index in [0.29, 0.717) is 5.92 Å². The third-order valence-corrected chi connectivity index (χ3v) is 4.30. The third kappa shape index (κ3) is 1.39. The average molecular weight is 240 g/mol. The molecule has 1 aromatic rings. The van der Waals surface area contributed by atoms with Gasteiger partial charge in [0.05, 0.1) is 11.4 Å². The van der Waals surface area contributed by atoms with E-state index in [-0.39, 0.29) is 5.41 Å². The van der Waals surface area contributed by atoms with Crippen molar-refractivity contribution in [3.63, 3.8) is 0 Å².